The van der Waals surface area contributed by atoms with E-state index in [2.05, 4.69) is 0 Å². The number of esters is 2. The molecule has 0 unspecified atom stereocenters. The van der Waals surface area contributed by atoms with Crippen LogP contribution in [0.3, 0.4) is 0 Å². The fourth-order valence-electron chi connectivity index (χ4n) is 3.03. The summed E-state index contributed by atoms with van der Waals surface area (Å²) in [5.74, 6) is -0.857. The molecule has 2 aromatic carbocycles. The minimum absolute atomic E-state index is 0.00243. The average Bonchev–Trinajstić information content (AvgIpc) is 2.95. The van der Waals surface area contributed by atoms with Crippen LogP contribution in [0.15, 0.2) is 54.6 Å². The molecule has 1 heterocycles. The van der Waals surface area contributed by atoms with E-state index >= 15 is 0 Å². The topological polar surface area (TPSA) is 57.5 Å². The van der Waals surface area contributed by atoms with Gasteiger partial charge in [0.25, 0.3) is 0 Å². The Morgan fingerprint density at radius 3 is 2.28 bits per heavy atom. The molecule has 0 spiro atoms. The SMILES string of the molecule is COC(=O)Cc1c(C(=O)OC)c2ccccc2n1Cc1ccccc1. The number of carbonyl (C=O) groups is 2. The first-order valence-electron chi connectivity index (χ1n) is 7.95. The summed E-state index contributed by atoms with van der Waals surface area (Å²) in [6, 6.07) is 17.5. The summed E-state index contributed by atoms with van der Waals surface area (Å²) < 4.78 is 11.8. The Kier molecular flexibility index (Phi) is 4.84. The Morgan fingerprint density at radius 1 is 0.920 bits per heavy atom. The van der Waals surface area contributed by atoms with Crippen LogP contribution in [-0.2, 0) is 27.2 Å². The number of para-hydroxylation sites is 1. The van der Waals surface area contributed by atoms with Gasteiger partial charge in [-0.25, -0.2) is 4.79 Å². The van der Waals surface area contributed by atoms with Crippen molar-refractivity contribution in [1.29, 1.82) is 0 Å². The van der Waals surface area contributed by atoms with Gasteiger partial charge in [-0.15, -0.1) is 0 Å². The van der Waals surface area contributed by atoms with Crippen LogP contribution in [0, 0.1) is 0 Å². The fourth-order valence-corrected chi connectivity index (χ4v) is 3.03. The summed E-state index contributed by atoms with van der Waals surface area (Å²) in [6.45, 7) is 0.546. The molecular formula is C20H19NO4. The van der Waals surface area contributed by atoms with Gasteiger partial charge in [0.15, 0.2) is 0 Å². The van der Waals surface area contributed by atoms with E-state index in [1.54, 1.807) is 0 Å². The number of methoxy groups -OCH3 is 2. The van der Waals surface area contributed by atoms with E-state index in [1.807, 2.05) is 59.2 Å². The van der Waals surface area contributed by atoms with Crippen molar-refractivity contribution in [2.75, 3.05) is 14.2 Å². The molecule has 3 aromatic rings. The molecule has 0 atom stereocenters. The number of nitrogens with zero attached hydrogens (tertiary/aromatic N) is 1. The Balaban J connectivity index is 2.23. The van der Waals surface area contributed by atoms with Gasteiger partial charge in [-0.3, -0.25) is 4.79 Å². The zero-order valence-electron chi connectivity index (χ0n) is 14.2. The fraction of sp³-hybridized carbons (Fsp3) is 0.200. The molecule has 25 heavy (non-hydrogen) atoms. The van der Waals surface area contributed by atoms with Crippen molar-refractivity contribution in [2.24, 2.45) is 0 Å². The third kappa shape index (κ3) is 3.26. The predicted molar refractivity (Wildman–Crippen MR) is 94.5 cm³/mol. The molecule has 128 valence electrons. The molecule has 0 N–H and O–H groups in total. The minimum atomic E-state index is -0.457. The quantitative estimate of drug-likeness (QED) is 0.671. The van der Waals surface area contributed by atoms with Gasteiger partial charge < -0.3 is 14.0 Å². The van der Waals surface area contributed by atoms with E-state index in [4.69, 9.17) is 9.47 Å². The van der Waals surface area contributed by atoms with Crippen molar-refractivity contribution in [1.82, 2.24) is 4.57 Å². The lowest BCUT2D eigenvalue weighted by Crippen LogP contribution is -2.15. The maximum Gasteiger partial charge on any atom is 0.340 e. The summed E-state index contributed by atoms with van der Waals surface area (Å²) in [5, 5.41) is 0.768. The van der Waals surface area contributed by atoms with Gasteiger partial charge in [-0.05, 0) is 11.6 Å². The first-order valence-corrected chi connectivity index (χ1v) is 7.95. The van der Waals surface area contributed by atoms with Gasteiger partial charge in [-0.2, -0.15) is 0 Å². The first kappa shape index (κ1) is 16.8. The lowest BCUT2D eigenvalue weighted by Gasteiger charge is -2.11. The Labute approximate surface area is 145 Å². The molecule has 0 aliphatic rings. The second-order valence-electron chi connectivity index (χ2n) is 5.66. The van der Waals surface area contributed by atoms with E-state index in [1.165, 1.54) is 14.2 Å². The maximum atomic E-state index is 12.4. The second kappa shape index (κ2) is 7.21. The van der Waals surface area contributed by atoms with Gasteiger partial charge in [0.05, 0.1) is 26.2 Å². The van der Waals surface area contributed by atoms with E-state index < -0.39 is 11.9 Å². The molecule has 1 aromatic heterocycles. The van der Waals surface area contributed by atoms with Crippen LogP contribution in [0.25, 0.3) is 10.9 Å². The van der Waals surface area contributed by atoms with Crippen LogP contribution in [0.4, 0.5) is 0 Å². The number of rotatable bonds is 5. The molecule has 5 heteroatoms. The van der Waals surface area contributed by atoms with Crippen LogP contribution in [0.2, 0.25) is 0 Å². The van der Waals surface area contributed by atoms with Crippen molar-refractivity contribution in [3.05, 3.63) is 71.4 Å². The van der Waals surface area contributed by atoms with Crippen LogP contribution in [-0.4, -0.2) is 30.7 Å². The largest absolute Gasteiger partial charge is 0.469 e. The average molecular weight is 337 g/mol. The van der Waals surface area contributed by atoms with Gasteiger partial charge >= 0.3 is 11.9 Å². The van der Waals surface area contributed by atoms with Crippen molar-refractivity contribution in [3.63, 3.8) is 0 Å². The maximum absolute atomic E-state index is 12.4. The second-order valence-corrected chi connectivity index (χ2v) is 5.66. The molecule has 0 aliphatic heterocycles. The van der Waals surface area contributed by atoms with E-state index in [0.29, 0.717) is 17.8 Å². The summed E-state index contributed by atoms with van der Waals surface area (Å²) in [5.41, 5.74) is 2.97. The number of fused-ring (bicyclic) bond motifs is 1. The predicted octanol–water partition coefficient (Wildman–Crippen LogP) is 3.19. The summed E-state index contributed by atoms with van der Waals surface area (Å²) >= 11 is 0. The number of benzene rings is 2. The summed E-state index contributed by atoms with van der Waals surface area (Å²) in [4.78, 5) is 24.3. The molecule has 0 saturated heterocycles. The number of hydrogen-bond acceptors (Lipinski definition) is 4. The molecular weight excluding hydrogens is 318 g/mol. The van der Waals surface area contributed by atoms with Gasteiger partial charge in [0, 0.05) is 23.1 Å². The van der Waals surface area contributed by atoms with E-state index in [9.17, 15) is 9.59 Å². The Hall–Kier alpha value is -3.08. The molecule has 3 rings (SSSR count). The van der Waals surface area contributed by atoms with Gasteiger partial charge in [0.2, 0.25) is 0 Å². The summed E-state index contributed by atoms with van der Waals surface area (Å²) in [6.07, 6.45) is 0.00243. The lowest BCUT2D eigenvalue weighted by atomic mass is 10.1. The Bertz CT molecular complexity index is 912. The summed E-state index contributed by atoms with van der Waals surface area (Å²) in [7, 11) is 2.68. The molecule has 0 amide bonds. The number of ether oxygens (including phenoxy) is 2. The van der Waals surface area contributed by atoms with Crippen molar-refractivity contribution in [3.8, 4) is 0 Å². The van der Waals surface area contributed by atoms with Crippen LogP contribution in [0.5, 0.6) is 0 Å². The normalized spacial score (nSPS) is 10.6. The molecule has 0 fully saturated rings. The van der Waals surface area contributed by atoms with E-state index in [-0.39, 0.29) is 6.42 Å². The monoisotopic (exact) mass is 337 g/mol. The number of carbonyl (C=O) groups excluding carboxylic acids is 2. The standard InChI is InChI=1S/C20H19NO4/c1-24-18(22)12-17-19(20(23)25-2)15-10-6-7-11-16(15)21(17)13-14-8-4-3-5-9-14/h3-11H,12-13H2,1-2H3. The zero-order chi connectivity index (χ0) is 17.8. The van der Waals surface area contributed by atoms with E-state index in [0.717, 1.165) is 16.5 Å². The van der Waals surface area contributed by atoms with Crippen LogP contribution < -0.4 is 0 Å². The highest BCUT2D eigenvalue weighted by atomic mass is 16.5. The molecule has 0 radical (unpaired) electrons. The highest BCUT2D eigenvalue weighted by molar-refractivity contribution is 6.06. The molecule has 0 saturated carbocycles. The highest BCUT2D eigenvalue weighted by Gasteiger charge is 2.25. The van der Waals surface area contributed by atoms with Crippen molar-refractivity contribution >= 4 is 22.8 Å². The zero-order valence-corrected chi connectivity index (χ0v) is 14.2. The molecule has 5 nitrogen and oxygen atoms in total. The highest BCUT2D eigenvalue weighted by Crippen LogP contribution is 2.28. The molecule has 0 bridgehead atoms. The smallest absolute Gasteiger partial charge is 0.340 e. The molecule has 0 aliphatic carbocycles. The Morgan fingerprint density at radius 2 is 1.60 bits per heavy atom. The van der Waals surface area contributed by atoms with Crippen LogP contribution in [0.1, 0.15) is 21.6 Å². The number of aromatic nitrogens is 1. The third-order valence-electron chi connectivity index (χ3n) is 4.19. The van der Waals surface area contributed by atoms with Crippen molar-refractivity contribution < 1.29 is 19.1 Å². The van der Waals surface area contributed by atoms with Crippen molar-refractivity contribution in [2.45, 2.75) is 13.0 Å². The van der Waals surface area contributed by atoms with Gasteiger partial charge in [-0.1, -0.05) is 48.5 Å². The first-order chi connectivity index (χ1) is 12.2. The lowest BCUT2D eigenvalue weighted by molar-refractivity contribution is -0.139. The minimum Gasteiger partial charge on any atom is -0.469 e. The van der Waals surface area contributed by atoms with Gasteiger partial charge in [0.1, 0.15) is 0 Å². The third-order valence-corrected chi connectivity index (χ3v) is 4.19. The van der Waals surface area contributed by atoms with Crippen LogP contribution >= 0.6 is 0 Å². The number of hydrogen-bond donors (Lipinski definition) is 0.